The summed E-state index contributed by atoms with van der Waals surface area (Å²) < 4.78 is 5.69. The molecule has 3 atom stereocenters. The average molecular weight is 429 g/mol. The highest BCUT2D eigenvalue weighted by molar-refractivity contribution is 5.91. The first kappa shape index (κ1) is 22.0. The van der Waals surface area contributed by atoms with Gasteiger partial charge in [-0.1, -0.05) is 84.9 Å². The molecular weight excluding hydrogens is 400 g/mol. The molecule has 0 aromatic heterocycles. The number of Topliss-reactive ketones (excluding diaryl/α,β-unsaturated/α-hetero) is 1. The summed E-state index contributed by atoms with van der Waals surface area (Å²) >= 11 is 0. The van der Waals surface area contributed by atoms with E-state index in [2.05, 4.69) is 0 Å². The Balaban J connectivity index is 1.67. The highest BCUT2D eigenvalue weighted by atomic mass is 16.5. The van der Waals surface area contributed by atoms with E-state index in [1.54, 1.807) is 0 Å². The molecule has 32 heavy (non-hydrogen) atoms. The number of esters is 1. The molecule has 1 unspecified atom stereocenters. The first-order valence-corrected chi connectivity index (χ1v) is 11.1. The molecule has 3 aromatic rings. The second-order valence-corrected chi connectivity index (χ2v) is 8.49. The van der Waals surface area contributed by atoms with Crippen LogP contribution >= 0.6 is 0 Å². The fraction of sp³-hybridized carbons (Fsp3) is 0.286. The fourth-order valence-electron chi connectivity index (χ4n) is 4.79. The highest BCUT2D eigenvalue weighted by Gasteiger charge is 2.49. The second-order valence-electron chi connectivity index (χ2n) is 8.49. The van der Waals surface area contributed by atoms with Crippen molar-refractivity contribution in [1.29, 1.82) is 0 Å². The van der Waals surface area contributed by atoms with Gasteiger partial charge in [0.25, 0.3) is 0 Å². The third-order valence-corrected chi connectivity index (χ3v) is 6.28. The van der Waals surface area contributed by atoms with Gasteiger partial charge in [-0.15, -0.1) is 0 Å². The average Bonchev–Trinajstić information content (AvgIpc) is 3.11. The van der Waals surface area contributed by atoms with Crippen molar-refractivity contribution >= 4 is 22.5 Å². The van der Waals surface area contributed by atoms with Gasteiger partial charge < -0.3 is 9.84 Å². The van der Waals surface area contributed by atoms with Crippen molar-refractivity contribution in [3.8, 4) is 0 Å². The minimum Gasteiger partial charge on any atom is -0.461 e. The number of hydrogen-bond donors (Lipinski definition) is 1. The van der Waals surface area contributed by atoms with Crippen LogP contribution in [0.1, 0.15) is 49.8 Å². The Bertz CT molecular complexity index is 1130. The molecule has 1 fully saturated rings. The molecule has 0 amide bonds. The maximum atomic E-state index is 12.6. The Kier molecular flexibility index (Phi) is 6.52. The molecular formula is C28H28O4. The number of allylic oxidation sites excluding steroid dienone is 1. The van der Waals surface area contributed by atoms with Gasteiger partial charge in [0, 0.05) is 19.8 Å². The van der Waals surface area contributed by atoms with Crippen LogP contribution in [0.5, 0.6) is 0 Å². The SMILES string of the molecule is CC(=O)O[C@@H]1CC(=O)C[C@@]1(/C=C/CCC(O)c1ccccc1)c1cccc2ccccc12. The Morgan fingerprint density at radius 2 is 1.81 bits per heavy atom. The van der Waals surface area contributed by atoms with Crippen molar-refractivity contribution in [2.24, 2.45) is 0 Å². The number of fused-ring (bicyclic) bond motifs is 1. The molecule has 4 nitrogen and oxygen atoms in total. The lowest BCUT2D eigenvalue weighted by atomic mass is 9.74. The zero-order valence-electron chi connectivity index (χ0n) is 18.2. The topological polar surface area (TPSA) is 63.6 Å². The van der Waals surface area contributed by atoms with Gasteiger partial charge in [-0.2, -0.15) is 0 Å². The standard InChI is InChI=1S/C28H28O4/c1-20(29)32-27-18-23(30)19-28(27,25-15-9-13-21-10-5-6-14-24(21)25)17-8-7-16-26(31)22-11-3-2-4-12-22/h2-6,8-15,17,26-27,31H,7,16,18-19H2,1H3/b17-8+/t26?,27-,28+/m1/s1. The number of aliphatic hydroxyl groups is 1. The Labute approximate surface area is 188 Å². The number of ether oxygens (including phenoxy) is 1. The fourth-order valence-corrected chi connectivity index (χ4v) is 4.79. The lowest BCUT2D eigenvalue weighted by Gasteiger charge is -2.33. The third-order valence-electron chi connectivity index (χ3n) is 6.28. The second kappa shape index (κ2) is 9.49. The van der Waals surface area contributed by atoms with Crippen LogP contribution in [0.2, 0.25) is 0 Å². The van der Waals surface area contributed by atoms with Crippen molar-refractivity contribution in [3.63, 3.8) is 0 Å². The van der Waals surface area contributed by atoms with Gasteiger partial charge in [0.1, 0.15) is 11.9 Å². The van der Waals surface area contributed by atoms with Crippen molar-refractivity contribution in [3.05, 3.63) is 96.1 Å². The summed E-state index contributed by atoms with van der Waals surface area (Å²) in [6.45, 7) is 1.39. The van der Waals surface area contributed by atoms with Crippen LogP contribution in [0.15, 0.2) is 84.9 Å². The molecule has 0 saturated heterocycles. The minimum atomic E-state index is -0.721. The first-order chi connectivity index (χ1) is 15.5. The smallest absolute Gasteiger partial charge is 0.302 e. The van der Waals surface area contributed by atoms with Gasteiger partial charge >= 0.3 is 5.97 Å². The lowest BCUT2D eigenvalue weighted by Crippen LogP contribution is -2.36. The largest absolute Gasteiger partial charge is 0.461 e. The zero-order valence-corrected chi connectivity index (χ0v) is 18.2. The first-order valence-electron chi connectivity index (χ1n) is 11.1. The number of aliphatic hydroxyl groups excluding tert-OH is 1. The summed E-state index contributed by atoms with van der Waals surface area (Å²) in [7, 11) is 0. The maximum absolute atomic E-state index is 12.6. The summed E-state index contributed by atoms with van der Waals surface area (Å²) in [6, 6.07) is 23.7. The van der Waals surface area contributed by atoms with E-state index in [-0.39, 0.29) is 24.6 Å². The van der Waals surface area contributed by atoms with E-state index < -0.39 is 17.6 Å². The van der Waals surface area contributed by atoms with Crippen LogP contribution in [0.3, 0.4) is 0 Å². The van der Waals surface area contributed by atoms with Gasteiger partial charge in [-0.25, -0.2) is 0 Å². The van der Waals surface area contributed by atoms with Gasteiger partial charge in [0.05, 0.1) is 11.5 Å². The van der Waals surface area contributed by atoms with Crippen LogP contribution in [-0.4, -0.2) is 23.0 Å². The molecule has 4 heteroatoms. The van der Waals surface area contributed by atoms with E-state index in [4.69, 9.17) is 4.74 Å². The zero-order chi connectivity index (χ0) is 22.6. The molecule has 1 N–H and O–H groups in total. The molecule has 0 aliphatic heterocycles. The van der Waals surface area contributed by atoms with E-state index in [1.807, 2.05) is 84.9 Å². The van der Waals surface area contributed by atoms with E-state index >= 15 is 0 Å². The molecule has 0 spiro atoms. The van der Waals surface area contributed by atoms with Crippen LogP contribution in [0, 0.1) is 0 Å². The Morgan fingerprint density at radius 1 is 1.09 bits per heavy atom. The number of hydrogen-bond acceptors (Lipinski definition) is 4. The van der Waals surface area contributed by atoms with E-state index in [0.717, 1.165) is 21.9 Å². The number of ketones is 1. The number of carbonyl (C=O) groups excluding carboxylic acids is 2. The van der Waals surface area contributed by atoms with Crippen molar-refractivity contribution in [2.75, 3.05) is 0 Å². The normalized spacial score (nSPS) is 21.8. The maximum Gasteiger partial charge on any atom is 0.302 e. The number of carbonyl (C=O) groups is 2. The summed E-state index contributed by atoms with van der Waals surface area (Å²) in [5.74, 6) is -0.305. The van der Waals surface area contributed by atoms with Crippen molar-refractivity contribution < 1.29 is 19.4 Å². The molecule has 1 aliphatic carbocycles. The molecule has 0 bridgehead atoms. The summed E-state index contributed by atoms with van der Waals surface area (Å²) in [4.78, 5) is 24.5. The van der Waals surface area contributed by atoms with Gasteiger partial charge in [0.2, 0.25) is 0 Å². The van der Waals surface area contributed by atoms with E-state index in [0.29, 0.717) is 12.8 Å². The molecule has 3 aromatic carbocycles. The predicted octanol–water partition coefficient (Wildman–Crippen LogP) is 5.44. The predicted molar refractivity (Wildman–Crippen MR) is 125 cm³/mol. The molecule has 1 aliphatic rings. The number of benzene rings is 3. The molecule has 1 saturated carbocycles. The highest BCUT2D eigenvalue weighted by Crippen LogP contribution is 2.45. The van der Waals surface area contributed by atoms with Crippen molar-refractivity contribution in [2.45, 2.75) is 50.2 Å². The third kappa shape index (κ3) is 4.51. The van der Waals surface area contributed by atoms with Crippen LogP contribution < -0.4 is 0 Å². The van der Waals surface area contributed by atoms with E-state index in [9.17, 15) is 14.7 Å². The van der Waals surface area contributed by atoms with E-state index in [1.165, 1.54) is 6.92 Å². The van der Waals surface area contributed by atoms with Gasteiger partial charge in [0.15, 0.2) is 0 Å². The minimum absolute atomic E-state index is 0.0816. The molecule has 164 valence electrons. The molecule has 0 radical (unpaired) electrons. The Hall–Kier alpha value is -3.24. The monoisotopic (exact) mass is 428 g/mol. The van der Waals surface area contributed by atoms with Crippen molar-refractivity contribution in [1.82, 2.24) is 0 Å². The van der Waals surface area contributed by atoms with Crippen LogP contribution in [0.25, 0.3) is 10.8 Å². The molecule has 4 rings (SSSR count). The number of rotatable bonds is 7. The van der Waals surface area contributed by atoms with Gasteiger partial charge in [-0.3, -0.25) is 9.59 Å². The lowest BCUT2D eigenvalue weighted by molar-refractivity contribution is -0.148. The summed E-state index contributed by atoms with van der Waals surface area (Å²) in [6.07, 6.45) is 4.66. The summed E-state index contributed by atoms with van der Waals surface area (Å²) in [5.41, 5.74) is 1.16. The Morgan fingerprint density at radius 3 is 2.59 bits per heavy atom. The summed E-state index contributed by atoms with van der Waals surface area (Å²) in [5, 5.41) is 12.6. The molecule has 0 heterocycles. The quantitative estimate of drug-likeness (QED) is 0.402. The van der Waals surface area contributed by atoms with Gasteiger partial charge in [-0.05, 0) is 34.7 Å². The van der Waals surface area contributed by atoms with Crippen LogP contribution in [0.4, 0.5) is 0 Å². The van der Waals surface area contributed by atoms with Crippen LogP contribution in [-0.2, 0) is 19.7 Å².